The SMILES string of the molecule is CCCCCCNC(=O)Cn1ccc(N)n1. The molecule has 16 heavy (non-hydrogen) atoms. The molecule has 0 saturated carbocycles. The molecule has 5 heteroatoms. The summed E-state index contributed by atoms with van der Waals surface area (Å²) < 4.78 is 1.54. The molecule has 1 heterocycles. The van der Waals surface area contributed by atoms with Gasteiger partial charge in [0.25, 0.3) is 0 Å². The lowest BCUT2D eigenvalue weighted by Gasteiger charge is -2.04. The first-order chi connectivity index (χ1) is 7.72. The van der Waals surface area contributed by atoms with Crippen LogP contribution in [0.3, 0.4) is 0 Å². The van der Waals surface area contributed by atoms with Crippen molar-refractivity contribution in [1.29, 1.82) is 0 Å². The van der Waals surface area contributed by atoms with E-state index in [0.717, 1.165) is 13.0 Å². The fourth-order valence-corrected chi connectivity index (χ4v) is 1.45. The minimum atomic E-state index is -0.0143. The molecule has 0 radical (unpaired) electrons. The third-order valence-electron chi connectivity index (χ3n) is 2.32. The molecule has 0 aliphatic heterocycles. The first-order valence-corrected chi connectivity index (χ1v) is 5.78. The molecule has 90 valence electrons. The van der Waals surface area contributed by atoms with Crippen molar-refractivity contribution < 1.29 is 4.79 Å². The van der Waals surface area contributed by atoms with Gasteiger partial charge >= 0.3 is 0 Å². The lowest BCUT2D eigenvalue weighted by Crippen LogP contribution is -2.28. The summed E-state index contributed by atoms with van der Waals surface area (Å²) in [6.45, 7) is 3.15. The minimum Gasteiger partial charge on any atom is -0.382 e. The normalized spacial score (nSPS) is 10.3. The Hall–Kier alpha value is -1.52. The highest BCUT2D eigenvalue weighted by Crippen LogP contribution is 1.97. The standard InChI is InChI=1S/C11H20N4O/c1-2-3-4-5-7-13-11(16)9-15-8-6-10(12)14-15/h6,8H,2-5,7,9H2,1H3,(H2,12,14)(H,13,16). The number of rotatable bonds is 7. The van der Waals surface area contributed by atoms with Gasteiger partial charge in [0, 0.05) is 12.7 Å². The maximum atomic E-state index is 11.4. The minimum absolute atomic E-state index is 0.0143. The first-order valence-electron chi connectivity index (χ1n) is 5.78. The second-order valence-electron chi connectivity index (χ2n) is 3.85. The number of hydrogen-bond donors (Lipinski definition) is 2. The highest BCUT2D eigenvalue weighted by Gasteiger charge is 2.02. The van der Waals surface area contributed by atoms with Crippen LogP contribution in [0.15, 0.2) is 12.3 Å². The monoisotopic (exact) mass is 224 g/mol. The maximum absolute atomic E-state index is 11.4. The van der Waals surface area contributed by atoms with E-state index in [0.29, 0.717) is 5.82 Å². The topological polar surface area (TPSA) is 72.9 Å². The maximum Gasteiger partial charge on any atom is 0.241 e. The van der Waals surface area contributed by atoms with E-state index in [4.69, 9.17) is 5.73 Å². The van der Waals surface area contributed by atoms with Crippen LogP contribution >= 0.6 is 0 Å². The van der Waals surface area contributed by atoms with Crippen molar-refractivity contribution in [3.63, 3.8) is 0 Å². The molecule has 0 aliphatic carbocycles. The molecule has 0 atom stereocenters. The van der Waals surface area contributed by atoms with Gasteiger partial charge in [0.15, 0.2) is 0 Å². The molecule has 0 bridgehead atoms. The van der Waals surface area contributed by atoms with E-state index < -0.39 is 0 Å². The van der Waals surface area contributed by atoms with E-state index in [9.17, 15) is 4.79 Å². The number of carbonyl (C=O) groups is 1. The zero-order valence-corrected chi connectivity index (χ0v) is 9.78. The highest BCUT2D eigenvalue weighted by atomic mass is 16.2. The van der Waals surface area contributed by atoms with Crippen LogP contribution in [-0.2, 0) is 11.3 Å². The fraction of sp³-hybridized carbons (Fsp3) is 0.636. The molecule has 1 aromatic heterocycles. The smallest absolute Gasteiger partial charge is 0.241 e. The molecule has 3 N–H and O–H groups in total. The number of nitrogens with two attached hydrogens (primary N) is 1. The molecule has 0 unspecified atom stereocenters. The first kappa shape index (κ1) is 12.5. The molecule has 0 aromatic carbocycles. The molecular formula is C11H20N4O. The van der Waals surface area contributed by atoms with E-state index in [1.165, 1.54) is 23.9 Å². The Morgan fingerprint density at radius 1 is 1.50 bits per heavy atom. The van der Waals surface area contributed by atoms with Crippen molar-refractivity contribution in [2.24, 2.45) is 0 Å². The van der Waals surface area contributed by atoms with E-state index in [-0.39, 0.29) is 12.5 Å². The van der Waals surface area contributed by atoms with Gasteiger partial charge in [-0.2, -0.15) is 5.10 Å². The summed E-state index contributed by atoms with van der Waals surface area (Å²) in [6.07, 6.45) is 6.35. The Morgan fingerprint density at radius 2 is 2.31 bits per heavy atom. The molecular weight excluding hydrogens is 204 g/mol. The molecule has 0 saturated heterocycles. The fourth-order valence-electron chi connectivity index (χ4n) is 1.45. The molecule has 5 nitrogen and oxygen atoms in total. The van der Waals surface area contributed by atoms with Gasteiger partial charge in [-0.1, -0.05) is 26.2 Å². The van der Waals surface area contributed by atoms with Crippen LogP contribution in [0.5, 0.6) is 0 Å². The predicted molar refractivity (Wildman–Crippen MR) is 63.8 cm³/mol. The summed E-state index contributed by atoms with van der Waals surface area (Å²) in [6, 6.07) is 1.68. The number of anilines is 1. The zero-order valence-electron chi connectivity index (χ0n) is 9.78. The number of nitrogen functional groups attached to an aromatic ring is 1. The van der Waals surface area contributed by atoms with Crippen LogP contribution in [0.1, 0.15) is 32.6 Å². The lowest BCUT2D eigenvalue weighted by molar-refractivity contribution is -0.121. The van der Waals surface area contributed by atoms with E-state index in [1.54, 1.807) is 12.3 Å². The summed E-state index contributed by atoms with van der Waals surface area (Å²) in [5.74, 6) is 0.426. The van der Waals surface area contributed by atoms with Crippen molar-refractivity contribution in [2.75, 3.05) is 12.3 Å². The van der Waals surface area contributed by atoms with Gasteiger partial charge in [-0.25, -0.2) is 0 Å². The van der Waals surface area contributed by atoms with Crippen LogP contribution in [0, 0.1) is 0 Å². The molecule has 0 fully saturated rings. The molecule has 0 aliphatic rings. The van der Waals surface area contributed by atoms with Gasteiger partial charge in [-0.3, -0.25) is 9.48 Å². The van der Waals surface area contributed by atoms with Crippen molar-refractivity contribution >= 4 is 11.7 Å². The van der Waals surface area contributed by atoms with Gasteiger partial charge in [-0.05, 0) is 12.5 Å². The summed E-state index contributed by atoms with van der Waals surface area (Å²) in [5.41, 5.74) is 5.45. The van der Waals surface area contributed by atoms with E-state index >= 15 is 0 Å². The zero-order chi connectivity index (χ0) is 11.8. The third kappa shape index (κ3) is 4.82. The second kappa shape index (κ2) is 6.87. The van der Waals surface area contributed by atoms with Crippen molar-refractivity contribution in [3.8, 4) is 0 Å². The number of amides is 1. The van der Waals surface area contributed by atoms with Gasteiger partial charge < -0.3 is 11.1 Å². The summed E-state index contributed by atoms with van der Waals surface area (Å²) >= 11 is 0. The summed E-state index contributed by atoms with van der Waals surface area (Å²) in [4.78, 5) is 11.4. The number of nitrogens with one attached hydrogen (secondary N) is 1. The van der Waals surface area contributed by atoms with E-state index in [1.807, 2.05) is 0 Å². The van der Waals surface area contributed by atoms with Crippen molar-refractivity contribution in [1.82, 2.24) is 15.1 Å². The Bertz CT molecular complexity index is 322. The van der Waals surface area contributed by atoms with Crippen molar-refractivity contribution in [2.45, 2.75) is 39.2 Å². The van der Waals surface area contributed by atoms with Crippen molar-refractivity contribution in [3.05, 3.63) is 12.3 Å². The average molecular weight is 224 g/mol. The molecule has 0 spiro atoms. The Labute approximate surface area is 96.0 Å². The summed E-state index contributed by atoms with van der Waals surface area (Å²) in [5, 5.41) is 6.80. The Morgan fingerprint density at radius 3 is 2.94 bits per heavy atom. The van der Waals surface area contributed by atoms with Crippen LogP contribution in [0.2, 0.25) is 0 Å². The molecule has 1 amide bonds. The Balaban J connectivity index is 2.11. The number of aromatic nitrogens is 2. The largest absolute Gasteiger partial charge is 0.382 e. The number of hydrogen-bond acceptors (Lipinski definition) is 3. The van der Waals surface area contributed by atoms with Gasteiger partial charge in [0.1, 0.15) is 12.4 Å². The number of carbonyl (C=O) groups excluding carboxylic acids is 1. The van der Waals surface area contributed by atoms with Crippen LogP contribution in [0.4, 0.5) is 5.82 Å². The lowest BCUT2D eigenvalue weighted by atomic mass is 10.2. The quantitative estimate of drug-likeness (QED) is 0.683. The average Bonchev–Trinajstić information content (AvgIpc) is 2.63. The van der Waals surface area contributed by atoms with Crippen LogP contribution in [-0.4, -0.2) is 22.2 Å². The third-order valence-corrected chi connectivity index (χ3v) is 2.32. The molecule has 1 rings (SSSR count). The number of unbranched alkanes of at least 4 members (excludes halogenated alkanes) is 3. The summed E-state index contributed by atoms with van der Waals surface area (Å²) in [7, 11) is 0. The highest BCUT2D eigenvalue weighted by molar-refractivity contribution is 5.75. The molecule has 1 aromatic rings. The number of nitrogens with zero attached hydrogens (tertiary/aromatic N) is 2. The van der Waals surface area contributed by atoms with Gasteiger partial charge in [0.05, 0.1) is 0 Å². The van der Waals surface area contributed by atoms with E-state index in [2.05, 4.69) is 17.3 Å². The van der Waals surface area contributed by atoms with Gasteiger partial charge in [-0.15, -0.1) is 0 Å². The second-order valence-corrected chi connectivity index (χ2v) is 3.85. The van der Waals surface area contributed by atoms with Gasteiger partial charge in [0.2, 0.25) is 5.91 Å². The predicted octanol–water partition coefficient (Wildman–Crippen LogP) is 1.16. The van der Waals surface area contributed by atoms with Crippen LogP contribution < -0.4 is 11.1 Å². The Kier molecular flexibility index (Phi) is 5.39. The van der Waals surface area contributed by atoms with Crippen LogP contribution in [0.25, 0.3) is 0 Å².